The van der Waals surface area contributed by atoms with Crippen LogP contribution >= 0.6 is 12.6 Å². The van der Waals surface area contributed by atoms with Crippen LogP contribution in [-0.4, -0.2) is 4.75 Å². The molecule has 0 aromatic heterocycles. The van der Waals surface area contributed by atoms with Gasteiger partial charge in [-0.3, -0.25) is 0 Å². The van der Waals surface area contributed by atoms with Crippen molar-refractivity contribution in [2.75, 3.05) is 0 Å². The molecular weight excluding hydrogens is 120 g/mol. The van der Waals surface area contributed by atoms with E-state index >= 15 is 0 Å². The number of nitrogens with zero attached hydrogens (tertiary/aromatic N) is 2. The highest BCUT2D eigenvalue weighted by molar-refractivity contribution is 7.82. The van der Waals surface area contributed by atoms with Crippen molar-refractivity contribution in [3.8, 4) is 12.1 Å². The summed E-state index contributed by atoms with van der Waals surface area (Å²) < 4.78 is -0.769. The van der Waals surface area contributed by atoms with Gasteiger partial charge in [-0.25, -0.2) is 0 Å². The lowest BCUT2D eigenvalue weighted by Gasteiger charge is -2.05. The van der Waals surface area contributed by atoms with Crippen LogP contribution in [0.3, 0.4) is 0 Å². The van der Waals surface area contributed by atoms with E-state index in [4.69, 9.17) is 10.5 Å². The molecule has 0 aliphatic rings. The lowest BCUT2D eigenvalue weighted by Crippen LogP contribution is -2.10. The van der Waals surface area contributed by atoms with E-state index in [1.54, 1.807) is 6.92 Å². The van der Waals surface area contributed by atoms with Gasteiger partial charge >= 0.3 is 0 Å². The van der Waals surface area contributed by atoms with Crippen LogP contribution in [-0.2, 0) is 0 Å². The summed E-state index contributed by atoms with van der Waals surface area (Å²) in [6.07, 6.45) is 0.173. The molecular formula is C5H6N2S. The molecule has 42 valence electrons. The van der Waals surface area contributed by atoms with E-state index in [-0.39, 0.29) is 6.42 Å². The second kappa shape index (κ2) is 2.59. The highest BCUT2D eigenvalue weighted by Gasteiger charge is 2.16. The Morgan fingerprint density at radius 2 is 2.12 bits per heavy atom. The van der Waals surface area contributed by atoms with Gasteiger partial charge in [-0.2, -0.15) is 23.2 Å². The fourth-order valence-electron chi connectivity index (χ4n) is 0.193. The molecule has 1 unspecified atom stereocenters. The summed E-state index contributed by atoms with van der Waals surface area (Å²) in [6, 6.07) is 3.74. The van der Waals surface area contributed by atoms with Crippen molar-refractivity contribution in [2.45, 2.75) is 18.1 Å². The molecule has 3 heteroatoms. The van der Waals surface area contributed by atoms with E-state index in [1.807, 2.05) is 12.1 Å². The average Bonchev–Trinajstić information content (AvgIpc) is 1.67. The van der Waals surface area contributed by atoms with Crippen molar-refractivity contribution >= 4 is 12.6 Å². The van der Waals surface area contributed by atoms with Gasteiger partial charge in [0.15, 0.2) is 0 Å². The topological polar surface area (TPSA) is 47.6 Å². The summed E-state index contributed by atoms with van der Waals surface area (Å²) in [4.78, 5) is 0. The van der Waals surface area contributed by atoms with Crippen molar-refractivity contribution in [3.05, 3.63) is 0 Å². The molecule has 0 aliphatic heterocycles. The van der Waals surface area contributed by atoms with E-state index in [1.165, 1.54) is 0 Å². The standard InChI is InChI=1S/C5H6N2S/c1-5(8,4-7)2-3-6/h8H,2H2,1H3. The zero-order valence-electron chi connectivity index (χ0n) is 4.55. The quantitative estimate of drug-likeness (QED) is 0.535. The van der Waals surface area contributed by atoms with Gasteiger partial charge in [0.2, 0.25) is 0 Å². The van der Waals surface area contributed by atoms with Crippen LogP contribution in [0.4, 0.5) is 0 Å². The molecule has 8 heavy (non-hydrogen) atoms. The van der Waals surface area contributed by atoms with Crippen molar-refractivity contribution in [1.82, 2.24) is 0 Å². The van der Waals surface area contributed by atoms with Gasteiger partial charge in [0.25, 0.3) is 0 Å². The Bertz CT molecular complexity index is 149. The van der Waals surface area contributed by atoms with Gasteiger partial charge in [0.05, 0.1) is 18.6 Å². The van der Waals surface area contributed by atoms with Gasteiger partial charge in [0, 0.05) is 0 Å². The molecule has 0 aromatic carbocycles. The van der Waals surface area contributed by atoms with Crippen LogP contribution in [0.25, 0.3) is 0 Å². The number of nitriles is 2. The highest BCUT2D eigenvalue weighted by atomic mass is 32.1. The Balaban J connectivity index is 3.82. The maximum absolute atomic E-state index is 8.25. The number of thiol groups is 1. The molecule has 0 radical (unpaired) electrons. The van der Waals surface area contributed by atoms with E-state index in [0.717, 1.165) is 0 Å². The maximum atomic E-state index is 8.25. The molecule has 0 rings (SSSR count). The largest absolute Gasteiger partial charge is 0.198 e. The SMILES string of the molecule is CC(S)(C#N)CC#N. The predicted molar refractivity (Wildman–Crippen MR) is 33.2 cm³/mol. The molecule has 0 fully saturated rings. The summed E-state index contributed by atoms with van der Waals surface area (Å²) in [5, 5.41) is 16.3. The lowest BCUT2D eigenvalue weighted by atomic mass is 10.1. The van der Waals surface area contributed by atoms with Crippen LogP contribution in [0.1, 0.15) is 13.3 Å². The molecule has 0 aromatic rings. The normalized spacial score (nSPS) is 15.5. The first-order chi connectivity index (χ1) is 3.62. The Morgan fingerprint density at radius 1 is 1.62 bits per heavy atom. The summed E-state index contributed by atoms with van der Waals surface area (Å²) in [6.45, 7) is 1.61. The molecule has 2 nitrogen and oxygen atoms in total. The summed E-state index contributed by atoms with van der Waals surface area (Å²) in [5.74, 6) is 0. The maximum Gasteiger partial charge on any atom is 0.110 e. The first-order valence-corrected chi connectivity index (χ1v) is 2.58. The minimum Gasteiger partial charge on any atom is -0.198 e. The van der Waals surface area contributed by atoms with Gasteiger partial charge in [-0.15, -0.1) is 0 Å². The molecule has 0 saturated carbocycles. The number of rotatable bonds is 1. The van der Waals surface area contributed by atoms with Crippen molar-refractivity contribution in [1.29, 1.82) is 10.5 Å². The van der Waals surface area contributed by atoms with Gasteiger partial charge < -0.3 is 0 Å². The number of hydrogen-bond donors (Lipinski definition) is 1. The van der Waals surface area contributed by atoms with Crippen LogP contribution in [0.2, 0.25) is 0 Å². The summed E-state index contributed by atoms with van der Waals surface area (Å²) in [5.41, 5.74) is 0. The molecule has 1 atom stereocenters. The second-order valence-electron chi connectivity index (χ2n) is 1.72. The monoisotopic (exact) mass is 126 g/mol. The average molecular weight is 126 g/mol. The van der Waals surface area contributed by atoms with Crippen LogP contribution in [0, 0.1) is 22.7 Å². The fraction of sp³-hybridized carbons (Fsp3) is 0.600. The van der Waals surface area contributed by atoms with Crippen molar-refractivity contribution in [3.63, 3.8) is 0 Å². The Hall–Kier alpha value is -0.670. The zero-order valence-corrected chi connectivity index (χ0v) is 5.44. The zero-order chi connectivity index (χ0) is 6.62. The Labute approximate surface area is 54.1 Å². The van der Waals surface area contributed by atoms with Crippen LogP contribution in [0.5, 0.6) is 0 Å². The van der Waals surface area contributed by atoms with E-state index in [2.05, 4.69) is 12.6 Å². The summed E-state index contributed by atoms with van der Waals surface area (Å²) >= 11 is 3.88. The minimum absolute atomic E-state index is 0.173. The Kier molecular flexibility index (Phi) is 2.37. The smallest absolute Gasteiger partial charge is 0.110 e. The van der Waals surface area contributed by atoms with E-state index in [0.29, 0.717) is 0 Å². The van der Waals surface area contributed by atoms with Crippen molar-refractivity contribution < 1.29 is 0 Å². The third kappa shape index (κ3) is 2.49. The van der Waals surface area contributed by atoms with Gasteiger partial charge in [-0.05, 0) is 6.92 Å². The summed E-state index contributed by atoms with van der Waals surface area (Å²) in [7, 11) is 0. The molecule has 0 spiro atoms. The molecule has 0 aliphatic carbocycles. The minimum atomic E-state index is -0.769. The molecule has 0 saturated heterocycles. The highest BCUT2D eigenvalue weighted by Crippen LogP contribution is 2.14. The van der Waals surface area contributed by atoms with Crippen molar-refractivity contribution in [2.24, 2.45) is 0 Å². The Morgan fingerprint density at radius 3 is 2.25 bits per heavy atom. The van der Waals surface area contributed by atoms with E-state index < -0.39 is 4.75 Å². The molecule has 0 amide bonds. The lowest BCUT2D eigenvalue weighted by molar-refractivity contribution is 0.837. The van der Waals surface area contributed by atoms with E-state index in [9.17, 15) is 0 Å². The first-order valence-electron chi connectivity index (χ1n) is 2.13. The fourth-order valence-corrected chi connectivity index (χ4v) is 0.264. The molecule has 0 N–H and O–H groups in total. The second-order valence-corrected chi connectivity index (χ2v) is 2.71. The van der Waals surface area contributed by atoms with Crippen LogP contribution in [0.15, 0.2) is 0 Å². The molecule has 0 bridgehead atoms. The van der Waals surface area contributed by atoms with Crippen LogP contribution < -0.4 is 0 Å². The van der Waals surface area contributed by atoms with Gasteiger partial charge in [0.1, 0.15) is 4.75 Å². The third-order valence-electron chi connectivity index (χ3n) is 0.664. The third-order valence-corrected chi connectivity index (χ3v) is 0.922. The predicted octanol–water partition coefficient (Wildman–Crippen LogP) is 1.11. The van der Waals surface area contributed by atoms with Gasteiger partial charge in [-0.1, -0.05) is 0 Å². The molecule has 0 heterocycles. The number of hydrogen-bond acceptors (Lipinski definition) is 3. The first kappa shape index (κ1) is 7.33.